The van der Waals surface area contributed by atoms with E-state index < -0.39 is 0 Å². The Morgan fingerprint density at radius 2 is 1.81 bits per heavy atom. The van der Waals surface area contributed by atoms with E-state index in [4.69, 9.17) is 0 Å². The molecular formula is C27H38N2O2. The molecule has 1 heterocycles. The van der Waals surface area contributed by atoms with Gasteiger partial charge in [0.05, 0.1) is 11.8 Å². The Morgan fingerprint density at radius 1 is 1.03 bits per heavy atom. The van der Waals surface area contributed by atoms with Gasteiger partial charge in [-0.1, -0.05) is 51.9 Å². The molecule has 1 aromatic heterocycles. The van der Waals surface area contributed by atoms with Gasteiger partial charge in [-0.3, -0.25) is 4.98 Å². The van der Waals surface area contributed by atoms with Gasteiger partial charge < -0.3 is 10.3 Å². The predicted octanol–water partition coefficient (Wildman–Crippen LogP) is 6.09. The third-order valence-electron chi connectivity index (χ3n) is 11.5. The topological polar surface area (TPSA) is 65.7 Å². The van der Waals surface area contributed by atoms with Gasteiger partial charge in [0.2, 0.25) is 0 Å². The summed E-state index contributed by atoms with van der Waals surface area (Å²) in [6, 6.07) is 4.24. The molecule has 31 heavy (non-hydrogen) atoms. The average Bonchev–Trinajstić information content (AvgIpc) is 3.02. The second-order valence-corrected chi connectivity index (χ2v) is 12.1. The molecule has 4 nitrogen and oxygen atoms in total. The van der Waals surface area contributed by atoms with E-state index in [1.807, 2.05) is 18.5 Å². The molecule has 0 radical (unpaired) electrons. The maximum absolute atomic E-state index is 10.6. The zero-order chi connectivity index (χ0) is 22.3. The zero-order valence-electron chi connectivity index (χ0n) is 19.8. The molecule has 1 unspecified atom stereocenters. The minimum absolute atomic E-state index is 0.00507. The fourth-order valence-corrected chi connectivity index (χ4v) is 8.93. The molecular weight excluding hydrogens is 384 g/mol. The van der Waals surface area contributed by atoms with Gasteiger partial charge in [0.15, 0.2) is 0 Å². The molecule has 1 aromatic rings. The van der Waals surface area contributed by atoms with Gasteiger partial charge in [0.25, 0.3) is 0 Å². The summed E-state index contributed by atoms with van der Waals surface area (Å²) < 4.78 is 0. The molecule has 3 saturated carbocycles. The summed E-state index contributed by atoms with van der Waals surface area (Å²) in [6.07, 6.45) is 12.8. The minimum Gasteiger partial charge on any atom is -0.411 e. The summed E-state index contributed by atoms with van der Waals surface area (Å²) in [7, 11) is 0. The van der Waals surface area contributed by atoms with Crippen LogP contribution in [0.2, 0.25) is 0 Å². The number of allylic oxidation sites excluding steroid dienone is 2. The molecule has 0 aliphatic heterocycles. The number of hydrogen-bond donors (Lipinski definition) is 2. The Bertz CT molecular complexity index is 957. The van der Waals surface area contributed by atoms with Crippen LogP contribution in [0, 0.1) is 33.0 Å². The Balaban J connectivity index is 1.62. The van der Waals surface area contributed by atoms with Gasteiger partial charge in [-0.05, 0) is 89.7 Å². The first kappa shape index (κ1) is 21.2. The molecule has 3 fully saturated rings. The Kier molecular flexibility index (Phi) is 4.40. The Hall–Kier alpha value is -1.68. The van der Waals surface area contributed by atoms with Crippen LogP contribution in [0.1, 0.15) is 85.1 Å². The van der Waals surface area contributed by atoms with Crippen LogP contribution < -0.4 is 0 Å². The van der Waals surface area contributed by atoms with Crippen molar-refractivity contribution in [3.8, 4) is 0 Å². The van der Waals surface area contributed by atoms with E-state index in [1.54, 1.807) is 0 Å². The standard InChI is InChI=1S/C27H38N2O2/c1-23-12-13-25(3)21(24(23,2)10-9-20(23)18-7-6-14-28-17-18)15-22(29-31)26(4)16-19(30)8-11-27(25,26)5/h6-7,9,14,17,19,21,30-31H,8,10-13,15-16H2,1-5H3/b29-22+/t19-,21?,23+,24-,25-,26+,27+/m0/s1. The Morgan fingerprint density at radius 3 is 2.48 bits per heavy atom. The first-order chi connectivity index (χ1) is 14.6. The lowest BCUT2D eigenvalue weighted by Gasteiger charge is -2.72. The van der Waals surface area contributed by atoms with Gasteiger partial charge in [-0.15, -0.1) is 0 Å². The van der Waals surface area contributed by atoms with Crippen molar-refractivity contribution in [2.24, 2.45) is 38.1 Å². The molecule has 5 rings (SSSR count). The molecule has 4 aliphatic rings. The van der Waals surface area contributed by atoms with Crippen molar-refractivity contribution in [3.05, 3.63) is 36.2 Å². The first-order valence-electron chi connectivity index (χ1n) is 12.1. The molecule has 2 N–H and O–H groups in total. The molecule has 168 valence electrons. The predicted molar refractivity (Wildman–Crippen MR) is 124 cm³/mol. The van der Waals surface area contributed by atoms with Crippen molar-refractivity contribution < 1.29 is 10.3 Å². The Labute approximate surface area is 186 Å². The zero-order valence-corrected chi connectivity index (χ0v) is 19.8. The molecule has 0 bridgehead atoms. The van der Waals surface area contributed by atoms with E-state index in [9.17, 15) is 10.3 Å². The summed E-state index contributed by atoms with van der Waals surface area (Å²) in [4.78, 5) is 4.41. The highest BCUT2D eigenvalue weighted by Crippen LogP contribution is 2.78. The van der Waals surface area contributed by atoms with Crippen LogP contribution in [0.15, 0.2) is 35.8 Å². The van der Waals surface area contributed by atoms with Crippen molar-refractivity contribution in [3.63, 3.8) is 0 Å². The smallest absolute Gasteiger partial charge is 0.0639 e. The van der Waals surface area contributed by atoms with E-state index in [2.05, 4.69) is 56.9 Å². The average molecular weight is 423 g/mol. The number of aromatic nitrogens is 1. The van der Waals surface area contributed by atoms with Crippen LogP contribution in [-0.4, -0.2) is 27.1 Å². The molecule has 0 amide bonds. The summed E-state index contributed by atoms with van der Waals surface area (Å²) in [5.41, 5.74) is 3.68. The molecule has 0 saturated heterocycles. The molecule has 4 heteroatoms. The summed E-state index contributed by atoms with van der Waals surface area (Å²) in [6.45, 7) is 12.2. The number of aliphatic hydroxyl groups is 1. The molecule has 0 spiro atoms. The fraction of sp³-hybridized carbons (Fsp3) is 0.704. The number of pyridine rings is 1. The van der Waals surface area contributed by atoms with E-state index in [0.29, 0.717) is 12.3 Å². The van der Waals surface area contributed by atoms with Gasteiger partial charge in [0, 0.05) is 17.8 Å². The van der Waals surface area contributed by atoms with Gasteiger partial charge in [-0.2, -0.15) is 0 Å². The third-order valence-corrected chi connectivity index (χ3v) is 11.5. The van der Waals surface area contributed by atoms with Crippen molar-refractivity contribution >= 4 is 11.3 Å². The second-order valence-electron chi connectivity index (χ2n) is 12.1. The highest BCUT2D eigenvalue weighted by molar-refractivity contribution is 5.92. The van der Waals surface area contributed by atoms with Gasteiger partial charge in [-0.25, -0.2) is 0 Å². The highest BCUT2D eigenvalue weighted by Gasteiger charge is 2.72. The van der Waals surface area contributed by atoms with Crippen LogP contribution in [0.3, 0.4) is 0 Å². The maximum atomic E-state index is 10.6. The maximum Gasteiger partial charge on any atom is 0.0639 e. The SMILES string of the molecule is C[C@]12CC[C@H](O)C[C@]1(C)/C(=N/O)CC1[C@]2(C)CC[C@]2(C)C(c3cccnc3)=CC[C@@]12C. The van der Waals surface area contributed by atoms with Crippen molar-refractivity contribution in [2.45, 2.75) is 85.7 Å². The van der Waals surface area contributed by atoms with Crippen LogP contribution >= 0.6 is 0 Å². The third kappa shape index (κ3) is 2.35. The van der Waals surface area contributed by atoms with E-state index in [-0.39, 0.29) is 33.2 Å². The van der Waals surface area contributed by atoms with E-state index in [1.165, 1.54) is 17.6 Å². The minimum atomic E-state index is -0.301. The van der Waals surface area contributed by atoms with Gasteiger partial charge in [0.1, 0.15) is 0 Å². The number of aliphatic hydroxyl groups excluding tert-OH is 1. The monoisotopic (exact) mass is 422 g/mol. The number of rotatable bonds is 1. The molecule has 4 aliphatic carbocycles. The lowest BCUT2D eigenvalue weighted by molar-refractivity contribution is -0.197. The van der Waals surface area contributed by atoms with Crippen LogP contribution in [-0.2, 0) is 0 Å². The number of hydrogen-bond acceptors (Lipinski definition) is 4. The lowest BCUT2D eigenvalue weighted by atomic mass is 9.31. The van der Waals surface area contributed by atoms with Crippen molar-refractivity contribution in [2.75, 3.05) is 0 Å². The summed E-state index contributed by atoms with van der Waals surface area (Å²) in [5.74, 6) is 0.434. The summed E-state index contributed by atoms with van der Waals surface area (Å²) >= 11 is 0. The quantitative estimate of drug-likeness (QED) is 0.425. The highest BCUT2D eigenvalue weighted by atomic mass is 16.4. The lowest BCUT2D eigenvalue weighted by Crippen LogP contribution is -2.68. The van der Waals surface area contributed by atoms with Crippen LogP contribution in [0.25, 0.3) is 5.57 Å². The van der Waals surface area contributed by atoms with Crippen molar-refractivity contribution in [1.82, 2.24) is 4.98 Å². The van der Waals surface area contributed by atoms with Crippen molar-refractivity contribution in [1.29, 1.82) is 0 Å². The van der Waals surface area contributed by atoms with E-state index >= 15 is 0 Å². The normalized spacial score (nSPS) is 50.4. The number of nitrogens with zero attached hydrogens (tertiary/aromatic N) is 2. The number of oxime groups is 1. The number of fused-ring (bicyclic) bond motifs is 5. The molecule has 7 atom stereocenters. The second kappa shape index (κ2) is 6.43. The largest absolute Gasteiger partial charge is 0.411 e. The fourth-order valence-electron chi connectivity index (χ4n) is 8.93. The van der Waals surface area contributed by atoms with Crippen LogP contribution in [0.5, 0.6) is 0 Å². The summed E-state index contributed by atoms with van der Waals surface area (Å²) in [5, 5.41) is 24.7. The first-order valence-corrected chi connectivity index (χ1v) is 12.1. The molecule has 0 aromatic carbocycles. The van der Waals surface area contributed by atoms with Gasteiger partial charge >= 0.3 is 0 Å². The van der Waals surface area contributed by atoms with E-state index in [0.717, 1.165) is 37.8 Å². The van der Waals surface area contributed by atoms with Crippen LogP contribution in [0.4, 0.5) is 0 Å².